The van der Waals surface area contributed by atoms with Gasteiger partial charge in [-0.2, -0.15) is 0 Å². The van der Waals surface area contributed by atoms with Crippen LogP contribution in [0.15, 0.2) is 18.2 Å². The lowest BCUT2D eigenvalue weighted by atomic mass is 10.2. The van der Waals surface area contributed by atoms with Crippen LogP contribution < -0.4 is 4.74 Å². The maximum atomic E-state index is 11.9. The van der Waals surface area contributed by atoms with Gasteiger partial charge in [-0.05, 0) is 25.1 Å². The van der Waals surface area contributed by atoms with Crippen LogP contribution in [0.2, 0.25) is 5.02 Å². The minimum atomic E-state index is -0.229. The van der Waals surface area contributed by atoms with E-state index in [1.807, 2.05) is 0 Å². The third-order valence-electron chi connectivity index (χ3n) is 3.19. The molecule has 1 aliphatic rings. The van der Waals surface area contributed by atoms with Gasteiger partial charge in [-0.1, -0.05) is 11.6 Å². The molecule has 1 fully saturated rings. The van der Waals surface area contributed by atoms with Crippen LogP contribution in [-0.2, 0) is 9.53 Å². The molecule has 0 radical (unpaired) electrons. The van der Waals surface area contributed by atoms with E-state index in [1.165, 1.54) is 4.90 Å². The van der Waals surface area contributed by atoms with Gasteiger partial charge in [0.2, 0.25) is 0 Å². The summed E-state index contributed by atoms with van der Waals surface area (Å²) in [6, 6.07) is 4.91. The Bertz CT molecular complexity index is 559. The first-order chi connectivity index (χ1) is 9.93. The predicted octanol–water partition coefficient (Wildman–Crippen LogP) is 2.37. The van der Waals surface area contributed by atoms with Crippen molar-refractivity contribution in [2.24, 2.45) is 5.92 Å². The molecule has 2 unspecified atom stereocenters. The van der Waals surface area contributed by atoms with Crippen LogP contribution in [0.3, 0.4) is 0 Å². The highest BCUT2D eigenvalue weighted by Gasteiger charge is 2.46. The molecular formula is C15H18ClNO4. The smallest absolute Gasteiger partial charge is 0.312 e. The van der Waals surface area contributed by atoms with E-state index in [-0.39, 0.29) is 23.9 Å². The van der Waals surface area contributed by atoms with Crippen LogP contribution in [0.1, 0.15) is 23.7 Å². The largest absolute Gasteiger partial charge is 0.489 e. The molecule has 0 heterocycles. The zero-order valence-electron chi connectivity index (χ0n) is 12.3. The molecule has 1 aliphatic carbocycles. The molecule has 114 valence electrons. The van der Waals surface area contributed by atoms with E-state index in [9.17, 15) is 9.59 Å². The van der Waals surface area contributed by atoms with E-state index >= 15 is 0 Å². The molecule has 0 bridgehead atoms. The minimum Gasteiger partial charge on any atom is -0.489 e. The molecule has 0 N–H and O–H groups in total. The Hall–Kier alpha value is -1.75. The highest BCUT2D eigenvalue weighted by Crippen LogP contribution is 2.36. The summed E-state index contributed by atoms with van der Waals surface area (Å²) in [5, 5.41) is 0.333. The number of rotatable bonds is 5. The standard InChI is InChI=1S/C15H18ClNO4/c1-4-20-15(19)11-8-13(11)21-9-5-6-10(12(16)7-9)14(18)17(2)3/h5-7,11,13H,4,8H2,1-3H3. The summed E-state index contributed by atoms with van der Waals surface area (Å²) in [7, 11) is 3.33. The van der Waals surface area contributed by atoms with Crippen LogP contribution in [0.5, 0.6) is 5.75 Å². The number of halogens is 1. The van der Waals surface area contributed by atoms with Gasteiger partial charge in [0.1, 0.15) is 11.9 Å². The van der Waals surface area contributed by atoms with Gasteiger partial charge >= 0.3 is 5.97 Å². The molecule has 2 atom stereocenters. The fourth-order valence-electron chi connectivity index (χ4n) is 1.96. The van der Waals surface area contributed by atoms with Crippen LogP contribution in [0, 0.1) is 5.92 Å². The molecule has 1 aromatic rings. The van der Waals surface area contributed by atoms with E-state index in [4.69, 9.17) is 21.1 Å². The summed E-state index contributed by atoms with van der Waals surface area (Å²) in [4.78, 5) is 24.8. The average Bonchev–Trinajstić information content (AvgIpc) is 3.17. The lowest BCUT2D eigenvalue weighted by Gasteiger charge is -2.13. The summed E-state index contributed by atoms with van der Waals surface area (Å²) in [5.41, 5.74) is 0.423. The Labute approximate surface area is 128 Å². The van der Waals surface area contributed by atoms with Gasteiger partial charge in [-0.25, -0.2) is 0 Å². The number of hydrogen-bond acceptors (Lipinski definition) is 4. The predicted molar refractivity (Wildman–Crippen MR) is 78.6 cm³/mol. The first kappa shape index (κ1) is 15.6. The molecule has 1 amide bonds. The molecule has 21 heavy (non-hydrogen) atoms. The number of ether oxygens (including phenoxy) is 2. The Kier molecular flexibility index (Phi) is 4.73. The van der Waals surface area contributed by atoms with Gasteiger partial charge in [0.15, 0.2) is 0 Å². The average molecular weight is 312 g/mol. The number of nitrogens with zero attached hydrogens (tertiary/aromatic N) is 1. The van der Waals surface area contributed by atoms with Crippen molar-refractivity contribution in [2.45, 2.75) is 19.4 Å². The topological polar surface area (TPSA) is 55.8 Å². The van der Waals surface area contributed by atoms with Crippen molar-refractivity contribution >= 4 is 23.5 Å². The van der Waals surface area contributed by atoms with E-state index in [2.05, 4.69) is 0 Å². The minimum absolute atomic E-state index is 0.164. The second kappa shape index (κ2) is 6.35. The number of carbonyl (C=O) groups is 2. The first-order valence-electron chi connectivity index (χ1n) is 6.78. The highest BCUT2D eigenvalue weighted by atomic mass is 35.5. The van der Waals surface area contributed by atoms with Gasteiger partial charge in [-0.3, -0.25) is 9.59 Å². The zero-order chi connectivity index (χ0) is 15.6. The van der Waals surface area contributed by atoms with Crippen LogP contribution in [-0.4, -0.2) is 43.6 Å². The fourth-order valence-corrected chi connectivity index (χ4v) is 2.21. The number of amides is 1. The Balaban J connectivity index is 1.99. The molecular weight excluding hydrogens is 294 g/mol. The maximum Gasteiger partial charge on any atom is 0.312 e. The lowest BCUT2D eigenvalue weighted by molar-refractivity contribution is -0.145. The number of benzene rings is 1. The van der Waals surface area contributed by atoms with Crippen molar-refractivity contribution in [3.8, 4) is 5.75 Å². The summed E-state index contributed by atoms with van der Waals surface area (Å²) < 4.78 is 10.6. The van der Waals surface area contributed by atoms with Gasteiger partial charge in [-0.15, -0.1) is 0 Å². The van der Waals surface area contributed by atoms with Gasteiger partial charge in [0, 0.05) is 20.5 Å². The Morgan fingerprint density at radius 2 is 2.10 bits per heavy atom. The Morgan fingerprint density at radius 1 is 1.38 bits per heavy atom. The Morgan fingerprint density at radius 3 is 2.67 bits per heavy atom. The van der Waals surface area contributed by atoms with Gasteiger partial charge in [0.05, 0.1) is 23.1 Å². The number of esters is 1. The van der Waals surface area contributed by atoms with Crippen LogP contribution in [0.25, 0.3) is 0 Å². The van der Waals surface area contributed by atoms with E-state index < -0.39 is 0 Å². The second-order valence-electron chi connectivity index (χ2n) is 5.09. The second-order valence-corrected chi connectivity index (χ2v) is 5.50. The summed E-state index contributed by atoms with van der Waals surface area (Å²) in [5.74, 6) is -0.0470. The third-order valence-corrected chi connectivity index (χ3v) is 3.50. The molecule has 0 aliphatic heterocycles. The van der Waals surface area contributed by atoms with Gasteiger partial charge in [0.25, 0.3) is 5.91 Å². The van der Waals surface area contributed by atoms with Crippen molar-refractivity contribution in [3.05, 3.63) is 28.8 Å². The monoisotopic (exact) mass is 311 g/mol. The number of hydrogen-bond donors (Lipinski definition) is 0. The van der Waals surface area contributed by atoms with Crippen LogP contribution >= 0.6 is 11.6 Å². The molecule has 6 heteroatoms. The highest BCUT2D eigenvalue weighted by molar-refractivity contribution is 6.34. The van der Waals surface area contributed by atoms with Gasteiger partial charge < -0.3 is 14.4 Å². The fraction of sp³-hybridized carbons (Fsp3) is 0.467. The zero-order valence-corrected chi connectivity index (χ0v) is 13.0. The number of carbonyl (C=O) groups excluding carboxylic acids is 2. The summed E-state index contributed by atoms with van der Waals surface area (Å²) in [6.07, 6.45) is 0.477. The third kappa shape index (κ3) is 3.67. The molecule has 5 nitrogen and oxygen atoms in total. The normalized spacial score (nSPS) is 19.8. The summed E-state index contributed by atoms with van der Waals surface area (Å²) >= 11 is 6.10. The van der Waals surface area contributed by atoms with Crippen molar-refractivity contribution in [3.63, 3.8) is 0 Å². The molecule has 0 saturated heterocycles. The van der Waals surface area contributed by atoms with E-state index in [0.29, 0.717) is 29.4 Å². The van der Waals surface area contributed by atoms with Crippen molar-refractivity contribution in [2.75, 3.05) is 20.7 Å². The molecule has 0 aromatic heterocycles. The molecule has 1 saturated carbocycles. The van der Waals surface area contributed by atoms with E-state index in [0.717, 1.165) is 0 Å². The quantitative estimate of drug-likeness (QED) is 0.783. The van der Waals surface area contributed by atoms with Crippen molar-refractivity contribution < 1.29 is 19.1 Å². The van der Waals surface area contributed by atoms with Crippen molar-refractivity contribution in [1.29, 1.82) is 0 Å². The molecule has 2 rings (SSSR count). The molecule has 1 aromatic carbocycles. The van der Waals surface area contributed by atoms with Crippen LogP contribution in [0.4, 0.5) is 0 Å². The van der Waals surface area contributed by atoms with Crippen molar-refractivity contribution in [1.82, 2.24) is 4.90 Å². The maximum absolute atomic E-state index is 11.9. The SMILES string of the molecule is CCOC(=O)C1CC1Oc1ccc(C(=O)N(C)C)c(Cl)c1. The summed E-state index contributed by atoms with van der Waals surface area (Å²) in [6.45, 7) is 2.14. The molecule has 0 spiro atoms. The first-order valence-corrected chi connectivity index (χ1v) is 7.16. The lowest BCUT2D eigenvalue weighted by Crippen LogP contribution is -2.22. The van der Waals surface area contributed by atoms with E-state index in [1.54, 1.807) is 39.2 Å².